The molecule has 1 aromatic carbocycles. The summed E-state index contributed by atoms with van der Waals surface area (Å²) in [5.74, 6) is -2.25. The smallest absolute Gasteiger partial charge is 0.253 e. The summed E-state index contributed by atoms with van der Waals surface area (Å²) in [6.45, 7) is 2.33. The van der Waals surface area contributed by atoms with Gasteiger partial charge in [-0.2, -0.15) is 0 Å². The van der Waals surface area contributed by atoms with E-state index in [1.165, 1.54) is 23.3 Å². The highest BCUT2D eigenvalue weighted by molar-refractivity contribution is 5.94. The van der Waals surface area contributed by atoms with E-state index in [2.05, 4.69) is 5.32 Å². The third kappa shape index (κ3) is 3.46. The molecule has 0 unspecified atom stereocenters. The van der Waals surface area contributed by atoms with Gasteiger partial charge in [0.2, 0.25) is 0 Å². The van der Waals surface area contributed by atoms with Gasteiger partial charge in [0.05, 0.1) is 0 Å². The van der Waals surface area contributed by atoms with Gasteiger partial charge >= 0.3 is 0 Å². The number of nitrogens with zero attached hydrogens (tertiary/aromatic N) is 1. The van der Waals surface area contributed by atoms with Crippen molar-refractivity contribution in [3.8, 4) is 0 Å². The Morgan fingerprint density at radius 1 is 1.18 bits per heavy atom. The van der Waals surface area contributed by atoms with Gasteiger partial charge in [-0.3, -0.25) is 4.79 Å². The molecule has 2 saturated heterocycles. The van der Waals surface area contributed by atoms with E-state index in [4.69, 9.17) is 0 Å². The van der Waals surface area contributed by atoms with Crippen molar-refractivity contribution in [2.75, 3.05) is 26.2 Å². The Kier molecular flexibility index (Phi) is 4.43. The fourth-order valence-electron chi connectivity index (χ4n) is 3.25. The van der Waals surface area contributed by atoms with E-state index < -0.39 is 5.92 Å². The molecule has 22 heavy (non-hydrogen) atoms. The topological polar surface area (TPSA) is 32.3 Å². The van der Waals surface area contributed by atoms with E-state index in [9.17, 15) is 13.6 Å². The second-order valence-electron chi connectivity index (χ2n) is 6.31. The van der Waals surface area contributed by atoms with Gasteiger partial charge in [-0.1, -0.05) is 12.1 Å². The molecular weight excluding hydrogens is 286 g/mol. The molecule has 0 saturated carbocycles. The monoisotopic (exact) mass is 308 g/mol. The molecule has 1 amide bonds. The SMILES string of the molecule is O=C(c1ccc([C@H]2CCCNC2)cc1)N1CCC(F)(F)CC1. The average Bonchev–Trinajstić information content (AvgIpc) is 2.55. The lowest BCUT2D eigenvalue weighted by Gasteiger charge is -2.31. The van der Waals surface area contributed by atoms with E-state index in [-0.39, 0.29) is 31.8 Å². The predicted octanol–water partition coefficient (Wildman–Crippen LogP) is 3.02. The Hall–Kier alpha value is -1.49. The summed E-state index contributed by atoms with van der Waals surface area (Å²) in [5.41, 5.74) is 1.84. The first kappa shape index (κ1) is 15.4. The minimum absolute atomic E-state index is 0.135. The second-order valence-corrected chi connectivity index (χ2v) is 6.31. The normalized spacial score (nSPS) is 25.0. The first-order valence-electron chi connectivity index (χ1n) is 8.03. The lowest BCUT2D eigenvalue weighted by atomic mass is 9.91. The largest absolute Gasteiger partial charge is 0.338 e. The first-order valence-corrected chi connectivity index (χ1v) is 8.03. The zero-order chi connectivity index (χ0) is 15.6. The van der Waals surface area contributed by atoms with Gasteiger partial charge in [-0.15, -0.1) is 0 Å². The van der Waals surface area contributed by atoms with Crippen molar-refractivity contribution in [3.05, 3.63) is 35.4 Å². The molecule has 1 atom stereocenters. The summed E-state index contributed by atoms with van der Waals surface area (Å²) in [6.07, 6.45) is 1.88. The Balaban J connectivity index is 1.63. The van der Waals surface area contributed by atoms with Gasteiger partial charge in [-0.25, -0.2) is 8.78 Å². The highest BCUT2D eigenvalue weighted by Crippen LogP contribution is 2.29. The lowest BCUT2D eigenvalue weighted by molar-refractivity contribution is -0.0494. The zero-order valence-electron chi connectivity index (χ0n) is 12.7. The quantitative estimate of drug-likeness (QED) is 0.911. The van der Waals surface area contributed by atoms with Crippen molar-refractivity contribution in [1.82, 2.24) is 10.2 Å². The van der Waals surface area contributed by atoms with Crippen molar-refractivity contribution in [2.24, 2.45) is 0 Å². The number of amides is 1. The molecule has 0 bridgehead atoms. The molecule has 2 aliphatic rings. The van der Waals surface area contributed by atoms with E-state index in [1.807, 2.05) is 24.3 Å². The summed E-state index contributed by atoms with van der Waals surface area (Å²) in [4.78, 5) is 13.9. The van der Waals surface area contributed by atoms with Crippen LogP contribution in [0.25, 0.3) is 0 Å². The van der Waals surface area contributed by atoms with Crippen LogP contribution in [0.3, 0.4) is 0 Å². The highest BCUT2D eigenvalue weighted by Gasteiger charge is 2.35. The highest BCUT2D eigenvalue weighted by atomic mass is 19.3. The van der Waals surface area contributed by atoms with E-state index >= 15 is 0 Å². The van der Waals surface area contributed by atoms with Crippen LogP contribution in [0.4, 0.5) is 8.78 Å². The summed E-state index contributed by atoms with van der Waals surface area (Å²) >= 11 is 0. The predicted molar refractivity (Wildman–Crippen MR) is 81.4 cm³/mol. The molecule has 3 rings (SSSR count). The Bertz CT molecular complexity index is 514. The number of nitrogens with one attached hydrogen (secondary N) is 1. The van der Waals surface area contributed by atoms with Crippen LogP contribution in [-0.4, -0.2) is 42.9 Å². The van der Waals surface area contributed by atoms with Crippen molar-refractivity contribution >= 4 is 5.91 Å². The summed E-state index contributed by atoms with van der Waals surface area (Å²) in [5, 5.41) is 3.38. The van der Waals surface area contributed by atoms with Gasteiger partial charge in [0.25, 0.3) is 11.8 Å². The number of rotatable bonds is 2. The number of benzene rings is 1. The van der Waals surface area contributed by atoms with Crippen LogP contribution in [0.2, 0.25) is 0 Å². The van der Waals surface area contributed by atoms with Gasteiger partial charge in [0.1, 0.15) is 0 Å². The lowest BCUT2D eigenvalue weighted by Crippen LogP contribution is -2.42. The number of carbonyl (C=O) groups is 1. The number of piperidine rings is 2. The van der Waals surface area contributed by atoms with Crippen LogP contribution >= 0.6 is 0 Å². The van der Waals surface area contributed by atoms with E-state index in [1.54, 1.807) is 0 Å². The average molecular weight is 308 g/mol. The second kappa shape index (κ2) is 6.32. The van der Waals surface area contributed by atoms with Crippen molar-refractivity contribution < 1.29 is 13.6 Å². The molecular formula is C17H22F2N2O. The molecule has 5 heteroatoms. The third-order valence-corrected chi connectivity index (χ3v) is 4.71. The minimum Gasteiger partial charge on any atom is -0.338 e. The maximum Gasteiger partial charge on any atom is 0.253 e. The summed E-state index contributed by atoms with van der Waals surface area (Å²) in [6, 6.07) is 7.67. The molecule has 0 aliphatic carbocycles. The summed E-state index contributed by atoms with van der Waals surface area (Å²) in [7, 11) is 0. The zero-order valence-corrected chi connectivity index (χ0v) is 12.7. The standard InChI is InChI=1S/C17H22F2N2O/c18-17(19)7-10-21(11-8-17)16(22)14-5-3-13(4-6-14)15-2-1-9-20-12-15/h3-6,15,20H,1-2,7-12H2/t15-/m0/s1. The first-order chi connectivity index (χ1) is 10.6. The molecule has 2 aliphatic heterocycles. The summed E-state index contributed by atoms with van der Waals surface area (Å²) < 4.78 is 26.3. The number of carbonyl (C=O) groups excluding carboxylic acids is 1. The molecule has 1 N–H and O–H groups in total. The van der Waals surface area contributed by atoms with Gasteiger partial charge < -0.3 is 10.2 Å². The molecule has 0 spiro atoms. The van der Waals surface area contributed by atoms with E-state index in [0.29, 0.717) is 11.5 Å². The van der Waals surface area contributed by atoms with Crippen molar-refractivity contribution in [1.29, 1.82) is 0 Å². The third-order valence-electron chi connectivity index (χ3n) is 4.71. The maximum absolute atomic E-state index is 13.2. The van der Waals surface area contributed by atoms with E-state index in [0.717, 1.165) is 13.1 Å². The molecule has 120 valence electrons. The van der Waals surface area contributed by atoms with Crippen LogP contribution in [0.1, 0.15) is 47.5 Å². The fourth-order valence-corrected chi connectivity index (χ4v) is 3.25. The number of hydrogen-bond donors (Lipinski definition) is 1. The molecule has 2 heterocycles. The number of likely N-dealkylation sites (tertiary alicyclic amines) is 1. The fraction of sp³-hybridized carbons (Fsp3) is 0.588. The van der Waals surface area contributed by atoms with Crippen LogP contribution in [0.5, 0.6) is 0 Å². The maximum atomic E-state index is 13.2. The Morgan fingerprint density at radius 2 is 1.86 bits per heavy atom. The molecule has 0 aromatic heterocycles. The number of halogens is 2. The molecule has 0 radical (unpaired) electrons. The Labute approximate surface area is 129 Å². The van der Waals surface area contributed by atoms with Crippen molar-refractivity contribution in [3.63, 3.8) is 0 Å². The van der Waals surface area contributed by atoms with Gasteiger partial charge in [-0.05, 0) is 43.0 Å². The van der Waals surface area contributed by atoms with Crippen LogP contribution in [0, 0.1) is 0 Å². The van der Waals surface area contributed by atoms with Crippen LogP contribution < -0.4 is 5.32 Å². The van der Waals surface area contributed by atoms with Crippen LogP contribution in [-0.2, 0) is 0 Å². The number of hydrogen-bond acceptors (Lipinski definition) is 2. The van der Waals surface area contributed by atoms with Gasteiger partial charge in [0.15, 0.2) is 0 Å². The Morgan fingerprint density at radius 3 is 2.45 bits per heavy atom. The van der Waals surface area contributed by atoms with Crippen molar-refractivity contribution in [2.45, 2.75) is 37.5 Å². The molecule has 2 fully saturated rings. The van der Waals surface area contributed by atoms with Crippen LogP contribution in [0.15, 0.2) is 24.3 Å². The molecule has 1 aromatic rings. The van der Waals surface area contributed by atoms with Gasteiger partial charge in [0, 0.05) is 38.0 Å². The molecule has 3 nitrogen and oxygen atoms in total. The minimum atomic E-state index is -2.62. The number of alkyl halides is 2.